The van der Waals surface area contributed by atoms with Crippen LogP contribution in [0.5, 0.6) is 0 Å². The summed E-state index contributed by atoms with van der Waals surface area (Å²) in [6.45, 7) is 0. The van der Waals surface area contributed by atoms with Gasteiger partial charge >= 0.3 is 0 Å². The predicted molar refractivity (Wildman–Crippen MR) is 352 cm³/mol. The monoisotopic (exact) mass is 1290 g/mol. The van der Waals surface area contributed by atoms with Gasteiger partial charge in [0.1, 0.15) is 21.7 Å². The molecule has 4 saturated carbocycles. The molecule has 12 aromatic rings. The zero-order chi connectivity index (χ0) is 63.9. The summed E-state index contributed by atoms with van der Waals surface area (Å²) >= 11 is 13.0. The largest absolute Gasteiger partial charge is 0.382 e. The highest BCUT2D eigenvalue weighted by Gasteiger charge is 2.30. The first-order valence-corrected chi connectivity index (χ1v) is 32.6. The van der Waals surface area contributed by atoms with Gasteiger partial charge in [-0.1, -0.05) is 100 Å². The molecule has 16 rings (SSSR count). The third-order valence-electron chi connectivity index (χ3n) is 18.6. The molecule has 0 aliphatic heterocycles. The Morgan fingerprint density at radius 2 is 0.554 bits per heavy atom. The lowest BCUT2D eigenvalue weighted by Crippen LogP contribution is -2.14. The molecule has 4 fully saturated rings. The van der Waals surface area contributed by atoms with Gasteiger partial charge in [-0.15, -0.1) is 0 Å². The van der Waals surface area contributed by atoms with E-state index in [1.54, 1.807) is 64.9 Å². The van der Waals surface area contributed by atoms with Crippen LogP contribution < -0.4 is 22.9 Å². The zero-order valence-electron chi connectivity index (χ0n) is 52.1. The second kappa shape index (κ2) is 26.3. The number of hydrogen-bond acceptors (Lipinski definition) is 16. The average molecular weight is 1290 g/mol. The van der Waals surface area contributed by atoms with Gasteiger partial charge in [0.2, 0.25) is 0 Å². The summed E-state index contributed by atoms with van der Waals surface area (Å²) in [6.07, 6.45) is 44.4. The molecule has 0 saturated heterocycles. The molecule has 480 valence electrons. The van der Waals surface area contributed by atoms with E-state index in [9.17, 15) is 8.78 Å². The standard InChI is InChI=1S/2C16H19ClN6.2C16H19FN6/c4*1-22-9-11(7-19-22)12-8-20-23-15(18)13(17)14(21-16(12)23)10-5-3-2-4-6-10/h4*7-10H,2-6,18H2,1H3. The highest BCUT2D eigenvalue weighted by molar-refractivity contribution is 6.34. The van der Waals surface area contributed by atoms with Crippen LogP contribution in [0.1, 0.15) is 175 Å². The molecule has 0 aromatic carbocycles. The van der Waals surface area contributed by atoms with Crippen LogP contribution >= 0.6 is 23.2 Å². The number of nitrogens with two attached hydrogens (primary N) is 4. The lowest BCUT2D eigenvalue weighted by molar-refractivity contribution is 0.420. The summed E-state index contributed by atoms with van der Waals surface area (Å²) in [5.74, 6) is 1.22. The Morgan fingerprint density at radius 1 is 0.326 bits per heavy atom. The number of aryl methyl sites for hydroxylation is 4. The van der Waals surface area contributed by atoms with Crippen LogP contribution in [0, 0.1) is 11.6 Å². The molecule has 0 atom stereocenters. The Bertz CT molecular complexity index is 4020. The quantitative estimate of drug-likeness (QED) is 0.110. The van der Waals surface area contributed by atoms with E-state index in [1.807, 2.05) is 65.4 Å². The average Bonchev–Trinajstić information content (AvgIpc) is 1.59. The van der Waals surface area contributed by atoms with E-state index in [0.717, 1.165) is 144 Å². The zero-order valence-corrected chi connectivity index (χ0v) is 53.7. The molecule has 12 heterocycles. The van der Waals surface area contributed by atoms with Crippen LogP contribution in [0.4, 0.5) is 32.1 Å². The third-order valence-corrected chi connectivity index (χ3v) is 19.4. The highest BCUT2D eigenvalue weighted by Crippen LogP contribution is 2.42. The lowest BCUT2D eigenvalue weighted by atomic mass is 9.86. The first-order valence-electron chi connectivity index (χ1n) is 31.9. The Labute approximate surface area is 539 Å². The molecule has 12 aromatic heterocycles. The van der Waals surface area contributed by atoms with E-state index in [2.05, 4.69) is 50.8 Å². The van der Waals surface area contributed by atoms with Crippen molar-refractivity contribution < 1.29 is 8.78 Å². The van der Waals surface area contributed by atoms with Gasteiger partial charge in [0.25, 0.3) is 0 Å². The van der Waals surface area contributed by atoms with Gasteiger partial charge in [0, 0.05) is 121 Å². The van der Waals surface area contributed by atoms with Crippen LogP contribution in [-0.2, 0) is 28.2 Å². The molecule has 0 radical (unpaired) electrons. The summed E-state index contributed by atoms with van der Waals surface area (Å²) in [6, 6.07) is 0. The molecular formula is C64H76Cl2F2N24. The second-order valence-electron chi connectivity index (χ2n) is 24.9. The van der Waals surface area contributed by atoms with Crippen molar-refractivity contribution >= 4 is 69.1 Å². The van der Waals surface area contributed by atoms with E-state index in [0.29, 0.717) is 56.2 Å². The van der Waals surface area contributed by atoms with Crippen molar-refractivity contribution in [1.82, 2.24) is 97.5 Å². The lowest BCUT2D eigenvalue weighted by Gasteiger charge is -2.22. The van der Waals surface area contributed by atoms with E-state index in [1.165, 1.54) is 60.4 Å². The molecule has 28 heteroatoms. The van der Waals surface area contributed by atoms with Crippen LogP contribution in [-0.4, -0.2) is 97.5 Å². The minimum Gasteiger partial charge on any atom is -0.382 e. The molecule has 92 heavy (non-hydrogen) atoms. The molecule has 4 aliphatic rings. The number of fused-ring (bicyclic) bond motifs is 4. The maximum Gasteiger partial charge on any atom is 0.187 e. The minimum atomic E-state index is -0.426. The molecule has 24 nitrogen and oxygen atoms in total. The Balaban J connectivity index is 0.000000112. The van der Waals surface area contributed by atoms with Crippen LogP contribution in [0.2, 0.25) is 10.0 Å². The number of rotatable bonds is 8. The van der Waals surface area contributed by atoms with E-state index >= 15 is 0 Å². The van der Waals surface area contributed by atoms with Crippen molar-refractivity contribution in [3.8, 4) is 44.5 Å². The summed E-state index contributed by atoms with van der Waals surface area (Å²) in [5.41, 5.74) is 37.2. The Hall–Kier alpha value is -9.04. The van der Waals surface area contributed by atoms with Crippen molar-refractivity contribution in [3.63, 3.8) is 0 Å². The fourth-order valence-electron chi connectivity index (χ4n) is 13.7. The minimum absolute atomic E-state index is 0.0331. The van der Waals surface area contributed by atoms with Crippen molar-refractivity contribution in [2.24, 2.45) is 28.2 Å². The molecule has 0 bridgehead atoms. The smallest absolute Gasteiger partial charge is 0.187 e. The van der Waals surface area contributed by atoms with E-state index in [-0.39, 0.29) is 23.5 Å². The molecule has 0 amide bonds. The maximum absolute atomic E-state index is 14.7. The third kappa shape index (κ3) is 12.1. The van der Waals surface area contributed by atoms with Gasteiger partial charge in [-0.05, 0) is 51.4 Å². The maximum atomic E-state index is 14.7. The van der Waals surface area contributed by atoms with Gasteiger partial charge in [0.15, 0.2) is 45.9 Å². The first kappa shape index (κ1) is 61.8. The van der Waals surface area contributed by atoms with Gasteiger partial charge < -0.3 is 22.9 Å². The molecule has 4 aliphatic carbocycles. The first-order chi connectivity index (χ1) is 44.6. The SMILES string of the molecule is Cn1cc(-c2cnn3c(N)c(Cl)c(C4CCCCC4)nc23)cn1.Cn1cc(-c2cnn3c(N)c(Cl)c(C4CCCCC4)nc23)cn1.Cn1cc(-c2cnn3c(N)c(F)c(C4CCCCC4)nc23)cn1.Cn1cc(-c2cnn3c(N)c(F)c(C4CCCCC4)nc23)cn1. The van der Waals surface area contributed by atoms with Crippen molar-refractivity contribution in [3.05, 3.63) is 119 Å². The number of nitrogens with zero attached hydrogens (tertiary/aromatic N) is 20. The van der Waals surface area contributed by atoms with Crippen molar-refractivity contribution in [2.45, 2.75) is 152 Å². The van der Waals surface area contributed by atoms with Crippen molar-refractivity contribution in [1.29, 1.82) is 0 Å². The molecule has 0 unspecified atom stereocenters. The fraction of sp³-hybridized carbons (Fsp3) is 0.438. The topological polar surface area (TPSA) is 296 Å². The Morgan fingerprint density at radius 3 is 0.793 bits per heavy atom. The van der Waals surface area contributed by atoms with Gasteiger partial charge in [-0.25, -0.2) is 28.7 Å². The number of nitrogen functional groups attached to an aromatic ring is 4. The summed E-state index contributed by atoms with van der Waals surface area (Å²) in [7, 11) is 7.48. The van der Waals surface area contributed by atoms with Gasteiger partial charge in [0.05, 0.1) is 72.4 Å². The molecular weight excluding hydrogens is 1210 g/mol. The summed E-state index contributed by atoms with van der Waals surface area (Å²) in [4.78, 5) is 18.9. The predicted octanol–water partition coefficient (Wildman–Crippen LogP) is 12.6. The number of aromatic nitrogens is 20. The van der Waals surface area contributed by atoms with Crippen LogP contribution in [0.25, 0.3) is 67.1 Å². The van der Waals surface area contributed by atoms with Gasteiger partial charge in [-0.3, -0.25) is 18.7 Å². The number of anilines is 4. The molecule has 0 spiro atoms. The van der Waals surface area contributed by atoms with E-state index < -0.39 is 11.6 Å². The summed E-state index contributed by atoms with van der Waals surface area (Å²) < 4.78 is 42.3. The highest BCUT2D eigenvalue weighted by atomic mass is 35.5. The molecule has 8 N–H and O–H groups in total. The fourth-order valence-corrected chi connectivity index (χ4v) is 14.2. The van der Waals surface area contributed by atoms with Crippen LogP contribution in [0.15, 0.2) is 74.4 Å². The van der Waals surface area contributed by atoms with Gasteiger partial charge in [-0.2, -0.15) is 58.9 Å². The number of halogens is 4. The second-order valence-corrected chi connectivity index (χ2v) is 25.7. The summed E-state index contributed by atoms with van der Waals surface area (Å²) in [5, 5.41) is 35.0. The van der Waals surface area contributed by atoms with E-state index in [4.69, 9.17) is 56.1 Å². The van der Waals surface area contributed by atoms with Crippen LogP contribution in [0.3, 0.4) is 0 Å². The Kier molecular flexibility index (Phi) is 17.7. The number of hydrogen-bond donors (Lipinski definition) is 4. The normalized spacial score (nSPS) is 16.3. The van der Waals surface area contributed by atoms with Crippen molar-refractivity contribution in [2.75, 3.05) is 22.9 Å².